The van der Waals surface area contributed by atoms with Crippen LogP contribution in [0.1, 0.15) is 48.1 Å². The SMILES string of the molecule is CCCCc1cccc2[nH]c(C)c(C3C(=O)Oc4ccccc43)c12. The predicted octanol–water partition coefficient (Wildman–Crippen LogP) is 4.87. The van der Waals surface area contributed by atoms with Crippen LogP contribution in [0.4, 0.5) is 0 Å². The average Bonchev–Trinajstić information content (AvgIpc) is 3.08. The standard InChI is InChI=1S/C21H21NO2/c1-3-4-8-14-9-7-11-16-19(14)18(13(2)22-16)20-15-10-5-6-12-17(15)24-21(20)23/h5-7,9-12,20,22H,3-4,8H2,1-2H3. The van der Waals surface area contributed by atoms with Crippen molar-refractivity contribution in [2.45, 2.75) is 39.0 Å². The quantitative estimate of drug-likeness (QED) is 0.550. The lowest BCUT2D eigenvalue weighted by molar-refractivity contribution is -0.133. The number of rotatable bonds is 4. The van der Waals surface area contributed by atoms with Gasteiger partial charge in [0.1, 0.15) is 11.7 Å². The molecule has 0 amide bonds. The van der Waals surface area contributed by atoms with E-state index in [0.717, 1.165) is 41.6 Å². The van der Waals surface area contributed by atoms with Gasteiger partial charge in [-0.25, -0.2) is 0 Å². The molecule has 0 radical (unpaired) electrons. The number of carbonyl (C=O) groups excluding carboxylic acids is 1. The molecule has 0 spiro atoms. The Morgan fingerprint density at radius 3 is 2.79 bits per heavy atom. The van der Waals surface area contributed by atoms with Crippen LogP contribution in [-0.2, 0) is 11.2 Å². The number of aromatic amines is 1. The molecule has 1 atom stereocenters. The number of hydrogen-bond donors (Lipinski definition) is 1. The van der Waals surface area contributed by atoms with Crippen LogP contribution in [-0.4, -0.2) is 11.0 Å². The Morgan fingerprint density at radius 2 is 1.96 bits per heavy atom. The molecule has 0 aliphatic carbocycles. The van der Waals surface area contributed by atoms with Gasteiger partial charge >= 0.3 is 5.97 Å². The lowest BCUT2D eigenvalue weighted by Crippen LogP contribution is -2.12. The summed E-state index contributed by atoms with van der Waals surface area (Å²) in [7, 11) is 0. The number of nitrogens with one attached hydrogen (secondary N) is 1. The van der Waals surface area contributed by atoms with Gasteiger partial charge in [0, 0.05) is 22.2 Å². The zero-order valence-corrected chi connectivity index (χ0v) is 14.1. The molecule has 1 N–H and O–H groups in total. The van der Waals surface area contributed by atoms with E-state index in [2.05, 4.69) is 30.1 Å². The third-order valence-corrected chi connectivity index (χ3v) is 4.91. The number of carbonyl (C=O) groups is 1. The second-order valence-electron chi connectivity index (χ2n) is 6.50. The molecule has 122 valence electrons. The first-order chi connectivity index (χ1) is 11.7. The van der Waals surface area contributed by atoms with Crippen molar-refractivity contribution in [3.63, 3.8) is 0 Å². The van der Waals surface area contributed by atoms with Crippen molar-refractivity contribution < 1.29 is 9.53 Å². The maximum atomic E-state index is 12.6. The highest BCUT2D eigenvalue weighted by atomic mass is 16.5. The first kappa shape index (κ1) is 15.0. The Bertz CT molecular complexity index is 923. The molecule has 2 aromatic carbocycles. The molecule has 0 saturated heterocycles. The van der Waals surface area contributed by atoms with E-state index >= 15 is 0 Å². The summed E-state index contributed by atoms with van der Waals surface area (Å²) in [6.07, 6.45) is 3.33. The van der Waals surface area contributed by atoms with E-state index in [1.54, 1.807) is 0 Å². The number of H-pyrrole nitrogens is 1. The van der Waals surface area contributed by atoms with Crippen LogP contribution in [0.3, 0.4) is 0 Å². The molecule has 3 nitrogen and oxygen atoms in total. The van der Waals surface area contributed by atoms with Gasteiger partial charge < -0.3 is 9.72 Å². The van der Waals surface area contributed by atoms with Crippen LogP contribution < -0.4 is 4.74 Å². The van der Waals surface area contributed by atoms with Crippen LogP contribution in [0.5, 0.6) is 5.75 Å². The fourth-order valence-electron chi connectivity index (χ4n) is 3.80. The Kier molecular flexibility index (Phi) is 3.64. The molecule has 1 aromatic heterocycles. The van der Waals surface area contributed by atoms with Gasteiger partial charge in [-0.1, -0.05) is 43.7 Å². The lowest BCUT2D eigenvalue weighted by Gasteiger charge is -2.11. The average molecular weight is 319 g/mol. The number of aromatic nitrogens is 1. The van der Waals surface area contributed by atoms with Crippen molar-refractivity contribution in [3.8, 4) is 5.75 Å². The van der Waals surface area contributed by atoms with Crippen LogP contribution in [0.25, 0.3) is 10.9 Å². The number of unbranched alkanes of at least 4 members (excludes halogenated alkanes) is 1. The monoisotopic (exact) mass is 319 g/mol. The highest BCUT2D eigenvalue weighted by molar-refractivity contribution is 5.98. The van der Waals surface area contributed by atoms with Gasteiger partial charge in [0.15, 0.2) is 0 Å². The number of esters is 1. The molecule has 3 aromatic rings. The number of fused-ring (bicyclic) bond motifs is 2. The lowest BCUT2D eigenvalue weighted by atomic mass is 9.88. The van der Waals surface area contributed by atoms with Gasteiger partial charge in [-0.15, -0.1) is 0 Å². The van der Waals surface area contributed by atoms with Gasteiger partial charge in [-0.05, 0) is 43.0 Å². The maximum Gasteiger partial charge on any atom is 0.323 e. The number of hydrogen-bond acceptors (Lipinski definition) is 2. The minimum Gasteiger partial charge on any atom is -0.425 e. The van der Waals surface area contributed by atoms with Crippen LogP contribution >= 0.6 is 0 Å². The summed E-state index contributed by atoms with van der Waals surface area (Å²) in [6, 6.07) is 14.1. The Hall–Kier alpha value is -2.55. The Morgan fingerprint density at radius 1 is 1.12 bits per heavy atom. The maximum absolute atomic E-state index is 12.6. The predicted molar refractivity (Wildman–Crippen MR) is 95.6 cm³/mol. The van der Waals surface area contributed by atoms with Crippen molar-refractivity contribution in [1.29, 1.82) is 0 Å². The molecular formula is C21H21NO2. The highest BCUT2D eigenvalue weighted by Crippen LogP contribution is 2.43. The minimum absolute atomic E-state index is 0.175. The molecular weight excluding hydrogens is 298 g/mol. The molecule has 24 heavy (non-hydrogen) atoms. The largest absolute Gasteiger partial charge is 0.425 e. The molecule has 0 bridgehead atoms. The molecule has 0 fully saturated rings. The molecule has 0 saturated carbocycles. The zero-order valence-electron chi connectivity index (χ0n) is 14.1. The Labute approximate surface area is 141 Å². The smallest absolute Gasteiger partial charge is 0.323 e. The molecule has 1 unspecified atom stereocenters. The first-order valence-corrected chi connectivity index (χ1v) is 8.61. The first-order valence-electron chi connectivity index (χ1n) is 8.61. The second kappa shape index (κ2) is 5.82. The van der Waals surface area contributed by atoms with Gasteiger partial charge in [0.2, 0.25) is 0 Å². The van der Waals surface area contributed by atoms with E-state index in [9.17, 15) is 4.79 Å². The third-order valence-electron chi connectivity index (χ3n) is 4.91. The molecule has 1 aliphatic heterocycles. The van der Waals surface area contributed by atoms with Crippen molar-refractivity contribution in [1.82, 2.24) is 4.98 Å². The summed E-state index contributed by atoms with van der Waals surface area (Å²) in [5.74, 6) is 0.176. The summed E-state index contributed by atoms with van der Waals surface area (Å²) in [4.78, 5) is 16.1. The fraction of sp³-hybridized carbons (Fsp3) is 0.286. The molecule has 3 heteroatoms. The topological polar surface area (TPSA) is 42.1 Å². The number of ether oxygens (including phenoxy) is 1. The summed E-state index contributed by atoms with van der Waals surface area (Å²) in [5.41, 5.74) is 5.51. The van der Waals surface area contributed by atoms with E-state index in [-0.39, 0.29) is 11.9 Å². The number of benzene rings is 2. The van der Waals surface area contributed by atoms with E-state index < -0.39 is 0 Å². The summed E-state index contributed by atoms with van der Waals surface area (Å²) >= 11 is 0. The van der Waals surface area contributed by atoms with Crippen LogP contribution in [0.15, 0.2) is 42.5 Å². The van der Waals surface area contributed by atoms with Gasteiger partial charge in [0.05, 0.1) is 0 Å². The van der Waals surface area contributed by atoms with Crippen molar-refractivity contribution in [3.05, 3.63) is 64.8 Å². The van der Waals surface area contributed by atoms with Crippen molar-refractivity contribution in [2.75, 3.05) is 0 Å². The molecule has 4 rings (SSSR count). The normalized spacial score (nSPS) is 16.4. The molecule has 2 heterocycles. The second-order valence-corrected chi connectivity index (χ2v) is 6.50. The zero-order chi connectivity index (χ0) is 16.7. The van der Waals surface area contributed by atoms with E-state index in [1.165, 1.54) is 10.9 Å². The third kappa shape index (κ3) is 2.23. The summed E-state index contributed by atoms with van der Waals surface area (Å²) in [6.45, 7) is 4.25. The fourth-order valence-corrected chi connectivity index (χ4v) is 3.80. The van der Waals surface area contributed by atoms with E-state index in [0.29, 0.717) is 5.75 Å². The Balaban J connectivity index is 1.94. The van der Waals surface area contributed by atoms with E-state index in [1.807, 2.05) is 31.2 Å². The van der Waals surface area contributed by atoms with E-state index in [4.69, 9.17) is 4.74 Å². The van der Waals surface area contributed by atoms with Crippen molar-refractivity contribution in [2.24, 2.45) is 0 Å². The van der Waals surface area contributed by atoms with Crippen molar-refractivity contribution >= 4 is 16.9 Å². The number of para-hydroxylation sites is 1. The number of aryl methyl sites for hydroxylation is 2. The van der Waals surface area contributed by atoms with Crippen LogP contribution in [0, 0.1) is 6.92 Å². The summed E-state index contributed by atoms with van der Waals surface area (Å²) < 4.78 is 5.52. The van der Waals surface area contributed by atoms with Crippen LogP contribution in [0.2, 0.25) is 0 Å². The summed E-state index contributed by atoms with van der Waals surface area (Å²) in [5, 5.41) is 1.20. The molecule has 1 aliphatic rings. The minimum atomic E-state index is -0.335. The van der Waals surface area contributed by atoms with Gasteiger partial charge in [-0.2, -0.15) is 0 Å². The van der Waals surface area contributed by atoms with Gasteiger partial charge in [-0.3, -0.25) is 4.79 Å². The highest BCUT2D eigenvalue weighted by Gasteiger charge is 2.37. The van der Waals surface area contributed by atoms with Gasteiger partial charge in [0.25, 0.3) is 0 Å².